The van der Waals surface area contributed by atoms with Crippen LogP contribution in [0.1, 0.15) is 5.56 Å². The molecule has 16 heavy (non-hydrogen) atoms. The Morgan fingerprint density at radius 2 is 2.19 bits per heavy atom. The average molecular weight is 243 g/mol. The Morgan fingerprint density at radius 3 is 2.88 bits per heavy atom. The van der Waals surface area contributed by atoms with Crippen LogP contribution in [0.5, 0.6) is 11.5 Å². The summed E-state index contributed by atoms with van der Waals surface area (Å²) >= 11 is 0. The van der Waals surface area contributed by atoms with Crippen molar-refractivity contribution in [1.82, 2.24) is 0 Å². The summed E-state index contributed by atoms with van der Waals surface area (Å²) < 4.78 is 32.4. The number of fused-ring (bicyclic) bond motifs is 1. The van der Waals surface area contributed by atoms with Crippen LogP contribution < -0.4 is 14.2 Å². The van der Waals surface area contributed by atoms with Crippen LogP contribution in [0.15, 0.2) is 12.1 Å². The Kier molecular flexibility index (Phi) is 2.67. The van der Waals surface area contributed by atoms with Crippen molar-refractivity contribution in [1.29, 1.82) is 0 Å². The highest BCUT2D eigenvalue weighted by molar-refractivity contribution is 7.86. The smallest absolute Gasteiger partial charge is 0.306 e. The first-order valence-corrected chi connectivity index (χ1v) is 6.68. The molecule has 0 saturated heterocycles. The second-order valence-electron chi connectivity index (χ2n) is 3.68. The van der Waals surface area contributed by atoms with Gasteiger partial charge in [-0.1, -0.05) is 0 Å². The Balaban J connectivity index is 2.40. The van der Waals surface area contributed by atoms with E-state index >= 15 is 0 Å². The molecule has 0 radical (unpaired) electrons. The molecule has 0 atom stereocenters. The highest BCUT2D eigenvalue weighted by Crippen LogP contribution is 2.34. The van der Waals surface area contributed by atoms with Crippen molar-refractivity contribution in [2.45, 2.75) is 6.92 Å². The maximum atomic E-state index is 11.0. The van der Waals surface area contributed by atoms with Gasteiger partial charge in [-0.05, 0) is 18.6 Å². The summed E-state index contributed by atoms with van der Waals surface area (Å²) in [6, 6.07) is 3.41. The van der Waals surface area contributed by atoms with Gasteiger partial charge in [0.15, 0.2) is 0 Å². The fourth-order valence-corrected chi connectivity index (χ4v) is 2.02. The molecular formula is C10H13NO4S. The number of benzene rings is 1. The molecule has 1 aromatic carbocycles. The van der Waals surface area contributed by atoms with Gasteiger partial charge in [-0.15, -0.1) is 0 Å². The number of hydrogen-bond donors (Lipinski definition) is 1. The molecule has 0 unspecified atom stereocenters. The minimum Gasteiger partial charge on any atom is -0.490 e. The van der Waals surface area contributed by atoms with Gasteiger partial charge >= 0.3 is 10.1 Å². The first kappa shape index (κ1) is 11.1. The van der Waals surface area contributed by atoms with Crippen LogP contribution >= 0.6 is 0 Å². The molecule has 0 bridgehead atoms. The van der Waals surface area contributed by atoms with E-state index in [0.29, 0.717) is 18.9 Å². The van der Waals surface area contributed by atoms with Crippen LogP contribution in [0.3, 0.4) is 0 Å². The summed E-state index contributed by atoms with van der Waals surface area (Å²) in [6.07, 6.45) is 1.02. The number of nitrogens with one attached hydrogen (secondary N) is 1. The lowest BCUT2D eigenvalue weighted by molar-refractivity contribution is 0.322. The maximum absolute atomic E-state index is 11.0. The molecule has 1 aliphatic rings. The molecule has 6 heteroatoms. The predicted molar refractivity (Wildman–Crippen MR) is 60.6 cm³/mol. The summed E-state index contributed by atoms with van der Waals surface area (Å²) in [6.45, 7) is 3.09. The van der Waals surface area contributed by atoms with Crippen LogP contribution in [0.2, 0.25) is 0 Å². The number of anilines is 1. The summed E-state index contributed by atoms with van der Waals surface area (Å²) in [5.41, 5.74) is 1.49. The van der Waals surface area contributed by atoms with E-state index < -0.39 is 10.1 Å². The van der Waals surface area contributed by atoms with Crippen LogP contribution in [0.4, 0.5) is 5.69 Å². The van der Waals surface area contributed by atoms with Gasteiger partial charge < -0.3 is 14.2 Å². The zero-order valence-corrected chi connectivity index (χ0v) is 9.93. The molecule has 5 nitrogen and oxygen atoms in total. The molecule has 1 N–H and O–H groups in total. The zero-order chi connectivity index (χ0) is 11.8. The van der Waals surface area contributed by atoms with E-state index in [2.05, 4.69) is 5.32 Å². The quantitative estimate of drug-likeness (QED) is 0.789. The van der Waals surface area contributed by atoms with Gasteiger partial charge in [-0.2, -0.15) is 8.42 Å². The average Bonchev–Trinajstić information content (AvgIpc) is 2.17. The molecule has 1 aromatic rings. The fraction of sp³-hybridized carbons (Fsp3) is 0.400. The van der Waals surface area contributed by atoms with Gasteiger partial charge in [0.1, 0.15) is 18.1 Å². The summed E-state index contributed by atoms with van der Waals surface area (Å²) in [7, 11) is -3.49. The third kappa shape index (κ3) is 2.38. The van der Waals surface area contributed by atoms with Crippen LogP contribution in [-0.4, -0.2) is 27.8 Å². The summed E-state index contributed by atoms with van der Waals surface area (Å²) in [5, 5.41) is 3.12. The molecule has 0 aromatic heterocycles. The number of rotatable bonds is 2. The minimum atomic E-state index is -3.49. The van der Waals surface area contributed by atoms with E-state index in [0.717, 1.165) is 23.3 Å². The Hall–Kier alpha value is -1.43. The highest BCUT2D eigenvalue weighted by Gasteiger charge is 2.15. The van der Waals surface area contributed by atoms with E-state index in [-0.39, 0.29) is 0 Å². The molecule has 0 aliphatic carbocycles. The van der Waals surface area contributed by atoms with Crippen molar-refractivity contribution in [2.75, 3.05) is 24.7 Å². The monoisotopic (exact) mass is 243 g/mol. The van der Waals surface area contributed by atoms with Gasteiger partial charge in [0.25, 0.3) is 0 Å². The molecule has 0 saturated carbocycles. The standard InChI is InChI=1S/C10H13NO4S/c1-7-5-10-8(11-3-4-14-10)6-9(7)15-16(2,12)13/h5-6,11H,3-4H2,1-2H3. The lowest BCUT2D eigenvalue weighted by Crippen LogP contribution is -2.18. The number of hydrogen-bond acceptors (Lipinski definition) is 5. The van der Waals surface area contributed by atoms with Crippen LogP contribution in [0, 0.1) is 6.92 Å². The second-order valence-corrected chi connectivity index (χ2v) is 5.25. The summed E-state index contributed by atoms with van der Waals surface area (Å²) in [4.78, 5) is 0. The van der Waals surface area contributed by atoms with E-state index in [9.17, 15) is 8.42 Å². The molecule has 1 aliphatic heterocycles. The van der Waals surface area contributed by atoms with Crippen molar-refractivity contribution in [2.24, 2.45) is 0 Å². The first-order valence-electron chi connectivity index (χ1n) is 4.86. The maximum Gasteiger partial charge on any atom is 0.306 e. The Morgan fingerprint density at radius 1 is 1.44 bits per heavy atom. The van der Waals surface area contributed by atoms with Crippen LogP contribution in [0.25, 0.3) is 0 Å². The SMILES string of the molecule is Cc1cc2c(cc1OS(C)(=O)=O)NCCO2. The van der Waals surface area contributed by atoms with Gasteiger partial charge in [-0.3, -0.25) is 0 Å². The van der Waals surface area contributed by atoms with Gasteiger partial charge in [0.05, 0.1) is 11.9 Å². The van der Waals surface area contributed by atoms with Gasteiger partial charge in [0.2, 0.25) is 0 Å². The van der Waals surface area contributed by atoms with Crippen molar-refractivity contribution in [3.05, 3.63) is 17.7 Å². The van der Waals surface area contributed by atoms with Crippen molar-refractivity contribution in [3.63, 3.8) is 0 Å². The topological polar surface area (TPSA) is 64.6 Å². The van der Waals surface area contributed by atoms with Crippen molar-refractivity contribution in [3.8, 4) is 11.5 Å². The molecule has 0 fully saturated rings. The predicted octanol–water partition coefficient (Wildman–Crippen LogP) is 1.14. The van der Waals surface area contributed by atoms with Crippen molar-refractivity contribution < 1.29 is 17.3 Å². The number of aryl methyl sites for hydroxylation is 1. The van der Waals surface area contributed by atoms with Gasteiger partial charge in [0, 0.05) is 12.6 Å². The highest BCUT2D eigenvalue weighted by atomic mass is 32.2. The molecule has 0 spiro atoms. The van der Waals surface area contributed by atoms with E-state index in [1.807, 2.05) is 0 Å². The lowest BCUT2D eigenvalue weighted by atomic mass is 10.1. The summed E-state index contributed by atoms with van der Waals surface area (Å²) in [5.74, 6) is 1.06. The lowest BCUT2D eigenvalue weighted by Gasteiger charge is -2.20. The third-order valence-corrected chi connectivity index (χ3v) is 2.68. The minimum absolute atomic E-state index is 0.333. The third-order valence-electron chi connectivity index (χ3n) is 2.19. The van der Waals surface area contributed by atoms with E-state index in [4.69, 9.17) is 8.92 Å². The molecular weight excluding hydrogens is 230 g/mol. The van der Waals surface area contributed by atoms with Crippen LogP contribution in [-0.2, 0) is 10.1 Å². The van der Waals surface area contributed by atoms with Gasteiger partial charge in [-0.25, -0.2) is 0 Å². The largest absolute Gasteiger partial charge is 0.490 e. The Labute approximate surface area is 94.5 Å². The fourth-order valence-electron chi connectivity index (χ4n) is 1.52. The molecule has 1 heterocycles. The second kappa shape index (κ2) is 3.86. The Bertz CT molecular complexity index is 510. The molecule has 88 valence electrons. The van der Waals surface area contributed by atoms with E-state index in [1.165, 1.54) is 0 Å². The molecule has 2 rings (SSSR count). The number of ether oxygens (including phenoxy) is 1. The molecule has 0 amide bonds. The zero-order valence-electron chi connectivity index (χ0n) is 9.11. The normalized spacial score (nSPS) is 14.6. The van der Waals surface area contributed by atoms with Crippen molar-refractivity contribution >= 4 is 15.8 Å². The van der Waals surface area contributed by atoms with E-state index in [1.54, 1.807) is 19.1 Å². The first-order chi connectivity index (χ1) is 7.46.